The molecule has 0 aromatic rings. The lowest BCUT2D eigenvalue weighted by molar-refractivity contribution is 0.417. The van der Waals surface area contributed by atoms with Crippen LogP contribution in [0.5, 0.6) is 0 Å². The average Bonchev–Trinajstić information content (AvgIpc) is 1.68. The highest BCUT2D eigenvalue weighted by Gasteiger charge is 1.93. The van der Waals surface area contributed by atoms with Crippen LogP contribution in [0.3, 0.4) is 0 Å². The van der Waals surface area contributed by atoms with Gasteiger partial charge in [0.2, 0.25) is 0 Å². The molecule has 1 unspecified atom stereocenters. The maximum atomic E-state index is 12.2. The van der Waals surface area contributed by atoms with Gasteiger partial charge in [0.1, 0.15) is 0 Å². The monoisotopic (exact) mass is 128 g/mol. The molecule has 0 amide bonds. The minimum Gasteiger partial charge on any atom is -0.233 e. The summed E-state index contributed by atoms with van der Waals surface area (Å²) in [6.07, 6.45) is 0.913. The first kappa shape index (κ1) is 7.45. The van der Waals surface area contributed by atoms with Crippen molar-refractivity contribution in [1.29, 1.82) is 0 Å². The van der Waals surface area contributed by atoms with Crippen LogP contribution in [-0.2, 0) is 0 Å². The Morgan fingerprint density at radius 3 is 2.88 bits per heavy atom. The molecule has 0 bridgehead atoms. The van der Waals surface area contributed by atoms with Crippen molar-refractivity contribution in [3.05, 3.63) is 12.7 Å². The highest BCUT2D eigenvalue weighted by Crippen LogP contribution is 1.94. The van der Waals surface area contributed by atoms with Crippen LogP contribution in [0.1, 0.15) is 6.42 Å². The maximum absolute atomic E-state index is 12.2. The van der Waals surface area contributed by atoms with Gasteiger partial charge in [-0.25, -0.2) is 4.39 Å². The van der Waals surface area contributed by atoms with E-state index >= 15 is 0 Å². The fraction of sp³-hybridized carbons (Fsp3) is 0.333. The van der Waals surface area contributed by atoms with Crippen molar-refractivity contribution in [2.45, 2.75) is 12.6 Å². The summed E-state index contributed by atoms with van der Waals surface area (Å²) in [4.78, 5) is 0. The Morgan fingerprint density at radius 1 is 1.88 bits per heavy atom. The lowest BCUT2D eigenvalue weighted by atomic mass is 10.3. The third-order valence-electron chi connectivity index (χ3n) is 0.675. The zero-order chi connectivity index (χ0) is 6.41. The van der Waals surface area contributed by atoms with Crippen LogP contribution < -0.4 is 0 Å². The number of rotatable bonds is 2. The number of hydrogen-bond donors (Lipinski definition) is 0. The van der Waals surface area contributed by atoms with Crippen molar-refractivity contribution in [1.82, 2.24) is 0 Å². The van der Waals surface area contributed by atoms with Gasteiger partial charge >= 0.3 is 0 Å². The van der Waals surface area contributed by atoms with Crippen molar-refractivity contribution < 1.29 is 4.39 Å². The molecule has 2 heteroatoms. The van der Waals surface area contributed by atoms with Crippen LogP contribution >= 0.6 is 0 Å². The molecule has 8 heavy (non-hydrogen) atoms. The molecule has 0 aliphatic rings. The molecule has 0 aromatic heterocycles. The van der Waals surface area contributed by atoms with E-state index in [9.17, 15) is 4.39 Å². The van der Waals surface area contributed by atoms with Gasteiger partial charge in [0.15, 0.2) is 6.17 Å². The van der Waals surface area contributed by atoms with Gasteiger partial charge in [0, 0.05) is 6.42 Å². The van der Waals surface area contributed by atoms with E-state index in [1.807, 2.05) is 0 Å². The fourth-order valence-electron chi connectivity index (χ4n) is 0.362. The predicted molar refractivity (Wildman–Crippen MR) is 37.4 cm³/mol. The summed E-state index contributed by atoms with van der Waals surface area (Å²) in [5, 5.41) is 0. The van der Waals surface area contributed by atoms with E-state index in [1.165, 1.54) is 6.08 Å². The average molecular weight is 128 g/mol. The summed E-state index contributed by atoms with van der Waals surface area (Å²) >= 11 is 0. The molecular weight excluding hydrogens is 119 g/mol. The van der Waals surface area contributed by atoms with Gasteiger partial charge in [-0.1, -0.05) is 12.0 Å². The quantitative estimate of drug-likeness (QED) is 0.284. The molecule has 0 fully saturated rings. The molecule has 0 nitrogen and oxygen atoms in total. The third-order valence-corrected chi connectivity index (χ3v) is 0.963. The Kier molecular flexibility index (Phi) is 4.28. The lowest BCUT2D eigenvalue weighted by Gasteiger charge is -1.89. The van der Waals surface area contributed by atoms with Gasteiger partial charge in [-0.15, -0.1) is 12.1 Å². The molecule has 0 aliphatic carbocycles. The number of allylic oxidation sites excluding steroid dienone is 1. The zero-order valence-corrected chi connectivity index (χ0v) is 6.95. The standard InChI is InChI=1S/C6H9FSi/c1-2-3-6(7)4-5-8/h2,6H,1,3H2,8H3. The van der Waals surface area contributed by atoms with Crippen molar-refractivity contribution in [2.75, 3.05) is 0 Å². The molecule has 0 rings (SSSR count). The van der Waals surface area contributed by atoms with Gasteiger partial charge in [0.25, 0.3) is 0 Å². The molecule has 0 N–H and O–H groups in total. The summed E-state index contributed by atoms with van der Waals surface area (Å²) in [5.41, 5.74) is 2.62. The van der Waals surface area contributed by atoms with E-state index < -0.39 is 6.17 Å². The summed E-state index contributed by atoms with van der Waals surface area (Å²) in [7, 11) is 0.759. The SMILES string of the molecule is C=CCC(F)C#C[SiH3]. The molecular formula is C6H9FSi. The predicted octanol–water partition coefficient (Wildman–Crippen LogP) is 0.227. The van der Waals surface area contributed by atoms with Crippen LogP contribution in [0, 0.1) is 11.5 Å². The van der Waals surface area contributed by atoms with Crippen molar-refractivity contribution in [3.63, 3.8) is 0 Å². The van der Waals surface area contributed by atoms with Crippen LogP contribution in [-0.4, -0.2) is 16.4 Å². The molecule has 1 atom stereocenters. The van der Waals surface area contributed by atoms with E-state index in [0.717, 1.165) is 10.2 Å². The molecule has 0 radical (unpaired) electrons. The smallest absolute Gasteiger partial charge is 0.163 e. The van der Waals surface area contributed by atoms with Crippen LogP contribution in [0.15, 0.2) is 12.7 Å². The van der Waals surface area contributed by atoms with Gasteiger partial charge in [-0.2, -0.15) is 0 Å². The molecule has 0 saturated carbocycles. The maximum Gasteiger partial charge on any atom is 0.163 e. The fourth-order valence-corrected chi connectivity index (χ4v) is 0.675. The van der Waals surface area contributed by atoms with Crippen molar-refractivity contribution in [2.24, 2.45) is 0 Å². The molecule has 0 spiro atoms. The van der Waals surface area contributed by atoms with Crippen molar-refractivity contribution >= 4 is 10.2 Å². The summed E-state index contributed by atoms with van der Waals surface area (Å²) in [6, 6.07) is 0. The van der Waals surface area contributed by atoms with E-state index in [-0.39, 0.29) is 0 Å². The van der Waals surface area contributed by atoms with Crippen LogP contribution in [0.4, 0.5) is 4.39 Å². The largest absolute Gasteiger partial charge is 0.233 e. The molecule has 0 aromatic carbocycles. The Balaban J connectivity index is 3.41. The molecule has 44 valence electrons. The van der Waals surface area contributed by atoms with E-state index in [2.05, 4.69) is 18.0 Å². The van der Waals surface area contributed by atoms with Gasteiger partial charge in [-0.3, -0.25) is 0 Å². The number of halogens is 1. The van der Waals surface area contributed by atoms with E-state index in [1.54, 1.807) is 0 Å². The first-order valence-corrected chi connectivity index (χ1v) is 3.48. The topological polar surface area (TPSA) is 0 Å². The second kappa shape index (κ2) is 4.60. The Labute approximate surface area is 52.2 Å². The number of hydrogen-bond acceptors (Lipinski definition) is 0. The summed E-state index contributed by atoms with van der Waals surface area (Å²) < 4.78 is 12.2. The first-order chi connectivity index (χ1) is 3.81. The first-order valence-electron chi connectivity index (χ1n) is 2.48. The second-order valence-corrected chi connectivity index (χ2v) is 1.89. The third kappa shape index (κ3) is 3.63. The molecule has 0 heterocycles. The second-order valence-electron chi connectivity index (χ2n) is 1.39. The highest BCUT2D eigenvalue weighted by atomic mass is 28.1. The van der Waals surface area contributed by atoms with Gasteiger partial charge in [0.05, 0.1) is 10.2 Å². The van der Waals surface area contributed by atoms with E-state index in [4.69, 9.17) is 0 Å². The minimum absolute atomic E-state index is 0.356. The van der Waals surface area contributed by atoms with Crippen molar-refractivity contribution in [3.8, 4) is 11.5 Å². The van der Waals surface area contributed by atoms with E-state index in [0.29, 0.717) is 6.42 Å². The molecule has 0 saturated heterocycles. The highest BCUT2D eigenvalue weighted by molar-refractivity contribution is 6.22. The Bertz CT molecular complexity index is 120. The molecule has 0 aliphatic heterocycles. The lowest BCUT2D eigenvalue weighted by Crippen LogP contribution is -1.91. The van der Waals surface area contributed by atoms with Gasteiger partial charge < -0.3 is 0 Å². The normalized spacial score (nSPS) is 11.6. The minimum atomic E-state index is -0.981. The Hall–Kier alpha value is -0.553. The zero-order valence-electron chi connectivity index (χ0n) is 4.95. The number of alkyl halides is 1. The summed E-state index contributed by atoms with van der Waals surface area (Å²) in [6.45, 7) is 3.39. The van der Waals surface area contributed by atoms with Crippen LogP contribution in [0.25, 0.3) is 0 Å². The van der Waals surface area contributed by atoms with Gasteiger partial charge in [-0.05, 0) is 0 Å². The Morgan fingerprint density at radius 2 is 2.50 bits per heavy atom. The summed E-state index contributed by atoms with van der Waals surface area (Å²) in [5.74, 6) is 2.42. The van der Waals surface area contributed by atoms with Crippen LogP contribution in [0.2, 0.25) is 0 Å².